The molecule has 6 N–H and O–H groups in total. The molecule has 1 heterocycles. The lowest BCUT2D eigenvalue weighted by atomic mass is 10.2. The van der Waals surface area contributed by atoms with E-state index in [-0.39, 0.29) is 5.84 Å². The first-order valence-corrected chi connectivity index (χ1v) is 3.76. The number of hydrogen-bond acceptors (Lipinski definition) is 3. The second-order valence-electron chi connectivity index (χ2n) is 2.77. The van der Waals surface area contributed by atoms with E-state index in [0.29, 0.717) is 11.5 Å². The predicted molar refractivity (Wildman–Crippen MR) is 51.5 cm³/mol. The third-order valence-corrected chi connectivity index (χ3v) is 1.81. The Labute approximate surface area is 74.3 Å². The van der Waals surface area contributed by atoms with E-state index in [1.807, 2.05) is 0 Å². The molecule has 0 saturated heterocycles. The second-order valence-corrected chi connectivity index (χ2v) is 2.77. The van der Waals surface area contributed by atoms with E-state index in [1.165, 1.54) is 0 Å². The largest absolute Gasteiger partial charge is 0.384 e. The SMILES string of the molecule is N=C(N)c1ccc2nc(N)[nH]c2c1. The van der Waals surface area contributed by atoms with Crippen LogP contribution in [0.5, 0.6) is 0 Å². The molecule has 0 aliphatic heterocycles. The Bertz CT molecular complexity index is 470. The molecule has 0 atom stereocenters. The molecule has 5 heteroatoms. The maximum absolute atomic E-state index is 7.23. The number of benzene rings is 1. The molecule has 0 aliphatic rings. The number of nitrogens with two attached hydrogens (primary N) is 2. The van der Waals surface area contributed by atoms with Gasteiger partial charge in [0.2, 0.25) is 0 Å². The van der Waals surface area contributed by atoms with Crippen LogP contribution in [0.25, 0.3) is 11.0 Å². The van der Waals surface area contributed by atoms with Gasteiger partial charge in [-0.15, -0.1) is 0 Å². The Balaban J connectivity index is 2.67. The molecule has 0 unspecified atom stereocenters. The number of aromatic nitrogens is 2. The van der Waals surface area contributed by atoms with Gasteiger partial charge >= 0.3 is 0 Å². The van der Waals surface area contributed by atoms with Gasteiger partial charge in [-0.05, 0) is 18.2 Å². The quantitative estimate of drug-likeness (QED) is 0.373. The van der Waals surface area contributed by atoms with Crippen molar-refractivity contribution < 1.29 is 0 Å². The minimum atomic E-state index is 0.0371. The molecule has 0 fully saturated rings. The predicted octanol–water partition coefficient (Wildman–Crippen LogP) is 0.429. The van der Waals surface area contributed by atoms with Crippen LogP contribution in [0.1, 0.15) is 5.56 Å². The van der Waals surface area contributed by atoms with Crippen LogP contribution in [0.3, 0.4) is 0 Å². The van der Waals surface area contributed by atoms with E-state index in [9.17, 15) is 0 Å². The fraction of sp³-hybridized carbons (Fsp3) is 0. The molecule has 0 radical (unpaired) electrons. The molecule has 1 aromatic heterocycles. The van der Waals surface area contributed by atoms with Crippen molar-refractivity contribution in [2.24, 2.45) is 5.73 Å². The molecule has 13 heavy (non-hydrogen) atoms. The van der Waals surface area contributed by atoms with E-state index in [4.69, 9.17) is 16.9 Å². The van der Waals surface area contributed by atoms with Crippen LogP contribution in [0, 0.1) is 5.41 Å². The van der Waals surface area contributed by atoms with Crippen molar-refractivity contribution in [1.82, 2.24) is 9.97 Å². The number of rotatable bonds is 1. The summed E-state index contributed by atoms with van der Waals surface area (Å²) in [5.41, 5.74) is 13.0. The van der Waals surface area contributed by atoms with Crippen molar-refractivity contribution in [2.75, 3.05) is 5.73 Å². The van der Waals surface area contributed by atoms with Crippen molar-refractivity contribution in [1.29, 1.82) is 5.41 Å². The number of imidazole rings is 1. The average Bonchev–Trinajstić information content (AvgIpc) is 2.42. The maximum Gasteiger partial charge on any atom is 0.198 e. The van der Waals surface area contributed by atoms with Crippen molar-refractivity contribution in [3.8, 4) is 0 Å². The van der Waals surface area contributed by atoms with Gasteiger partial charge in [-0.1, -0.05) is 0 Å². The Morgan fingerprint density at radius 2 is 2.23 bits per heavy atom. The number of nitrogens with one attached hydrogen (secondary N) is 2. The number of anilines is 1. The van der Waals surface area contributed by atoms with Crippen LogP contribution in [0.4, 0.5) is 5.95 Å². The Kier molecular flexibility index (Phi) is 1.45. The van der Waals surface area contributed by atoms with Gasteiger partial charge in [-0.25, -0.2) is 4.98 Å². The van der Waals surface area contributed by atoms with Gasteiger partial charge in [0.1, 0.15) is 5.84 Å². The number of H-pyrrole nitrogens is 1. The third-order valence-electron chi connectivity index (χ3n) is 1.81. The lowest BCUT2D eigenvalue weighted by Crippen LogP contribution is -2.10. The van der Waals surface area contributed by atoms with Gasteiger partial charge in [0.15, 0.2) is 5.95 Å². The topological polar surface area (TPSA) is 105 Å². The highest BCUT2D eigenvalue weighted by atomic mass is 15.0. The highest BCUT2D eigenvalue weighted by molar-refractivity contribution is 5.98. The summed E-state index contributed by atoms with van der Waals surface area (Å²) < 4.78 is 0. The Hall–Kier alpha value is -2.04. The van der Waals surface area contributed by atoms with Crippen LogP contribution >= 0.6 is 0 Å². The van der Waals surface area contributed by atoms with Crippen LogP contribution in [-0.4, -0.2) is 15.8 Å². The third kappa shape index (κ3) is 1.20. The number of amidine groups is 1. The normalized spacial score (nSPS) is 10.5. The summed E-state index contributed by atoms with van der Waals surface area (Å²) >= 11 is 0. The molecule has 0 amide bonds. The Morgan fingerprint density at radius 3 is 2.92 bits per heavy atom. The smallest absolute Gasteiger partial charge is 0.198 e. The number of nitrogens with zero attached hydrogens (tertiary/aromatic N) is 1. The van der Waals surface area contributed by atoms with E-state index in [1.54, 1.807) is 18.2 Å². The van der Waals surface area contributed by atoms with E-state index >= 15 is 0 Å². The molecule has 0 spiro atoms. The van der Waals surface area contributed by atoms with E-state index in [2.05, 4.69) is 9.97 Å². The molecule has 0 aliphatic carbocycles. The van der Waals surface area contributed by atoms with Crippen LogP contribution < -0.4 is 11.5 Å². The van der Waals surface area contributed by atoms with Crippen molar-refractivity contribution in [2.45, 2.75) is 0 Å². The van der Waals surface area contributed by atoms with Crippen molar-refractivity contribution >= 4 is 22.8 Å². The van der Waals surface area contributed by atoms with Gasteiger partial charge < -0.3 is 16.5 Å². The summed E-state index contributed by atoms with van der Waals surface area (Å²) in [6, 6.07) is 5.27. The van der Waals surface area contributed by atoms with Gasteiger partial charge in [0, 0.05) is 5.56 Å². The Morgan fingerprint density at radius 1 is 1.46 bits per heavy atom. The molecule has 1 aromatic carbocycles. The fourth-order valence-corrected chi connectivity index (χ4v) is 1.20. The van der Waals surface area contributed by atoms with E-state index in [0.717, 1.165) is 11.0 Å². The number of nitrogen functional groups attached to an aromatic ring is 2. The zero-order chi connectivity index (χ0) is 9.42. The molecular weight excluding hydrogens is 166 g/mol. The number of aromatic amines is 1. The van der Waals surface area contributed by atoms with Crippen LogP contribution in [-0.2, 0) is 0 Å². The molecule has 0 bridgehead atoms. The number of hydrogen-bond donors (Lipinski definition) is 4. The number of fused-ring (bicyclic) bond motifs is 1. The average molecular weight is 175 g/mol. The minimum absolute atomic E-state index is 0.0371. The summed E-state index contributed by atoms with van der Waals surface area (Å²) in [7, 11) is 0. The highest BCUT2D eigenvalue weighted by Crippen LogP contribution is 2.13. The second kappa shape index (κ2) is 2.48. The summed E-state index contributed by atoms with van der Waals surface area (Å²) in [5, 5.41) is 7.23. The standard InChI is InChI=1S/C8H9N5/c9-7(10)4-1-2-5-6(3-4)13-8(11)12-5/h1-3H,(H3,9,10)(H3,11,12,13). The molecule has 66 valence electrons. The molecule has 2 rings (SSSR count). The summed E-state index contributed by atoms with van der Waals surface area (Å²) in [6.07, 6.45) is 0. The molecule has 5 nitrogen and oxygen atoms in total. The van der Waals surface area contributed by atoms with Gasteiger partial charge in [-0.2, -0.15) is 0 Å². The molecule has 0 saturated carbocycles. The lowest BCUT2D eigenvalue weighted by Gasteiger charge is -1.95. The first kappa shape index (κ1) is 7.60. The summed E-state index contributed by atoms with van der Waals surface area (Å²) in [5.74, 6) is 0.408. The zero-order valence-corrected chi connectivity index (χ0v) is 6.83. The molecule has 2 aromatic rings. The minimum Gasteiger partial charge on any atom is -0.384 e. The summed E-state index contributed by atoms with van der Waals surface area (Å²) in [4.78, 5) is 6.89. The first-order chi connectivity index (χ1) is 6.16. The fourth-order valence-electron chi connectivity index (χ4n) is 1.20. The monoisotopic (exact) mass is 175 g/mol. The molecular formula is C8H9N5. The van der Waals surface area contributed by atoms with E-state index < -0.39 is 0 Å². The first-order valence-electron chi connectivity index (χ1n) is 3.76. The van der Waals surface area contributed by atoms with Crippen molar-refractivity contribution in [3.05, 3.63) is 23.8 Å². The van der Waals surface area contributed by atoms with Gasteiger partial charge in [-0.3, -0.25) is 5.41 Å². The van der Waals surface area contributed by atoms with Gasteiger partial charge in [0.05, 0.1) is 11.0 Å². The van der Waals surface area contributed by atoms with Gasteiger partial charge in [0.25, 0.3) is 0 Å². The summed E-state index contributed by atoms with van der Waals surface area (Å²) in [6.45, 7) is 0. The van der Waals surface area contributed by atoms with Crippen molar-refractivity contribution in [3.63, 3.8) is 0 Å². The zero-order valence-electron chi connectivity index (χ0n) is 6.83. The maximum atomic E-state index is 7.23. The highest BCUT2D eigenvalue weighted by Gasteiger charge is 2.02. The lowest BCUT2D eigenvalue weighted by molar-refractivity contribution is 1.35. The van der Waals surface area contributed by atoms with Crippen LogP contribution in [0.15, 0.2) is 18.2 Å². The van der Waals surface area contributed by atoms with Crippen LogP contribution in [0.2, 0.25) is 0 Å².